The van der Waals surface area contributed by atoms with E-state index in [1.54, 1.807) is 0 Å². The van der Waals surface area contributed by atoms with Crippen molar-refractivity contribution in [3.8, 4) is 0 Å². The standard InChI is InChI=1S/C2H5N5O2S2/c3-11(8,9)1-7-2(10)4-5-6-7/h1H2,(H2,3,8,9)(H,4,6,10). The molecule has 1 heterocycles. The molecule has 0 unspecified atom stereocenters. The van der Waals surface area contributed by atoms with Crippen LogP contribution >= 0.6 is 12.6 Å². The number of nitrogens with zero attached hydrogens (tertiary/aromatic N) is 4. The summed E-state index contributed by atoms with van der Waals surface area (Å²) < 4.78 is 21.9. The van der Waals surface area contributed by atoms with Gasteiger partial charge in [-0.15, -0.1) is 17.7 Å². The molecule has 7 nitrogen and oxygen atoms in total. The van der Waals surface area contributed by atoms with Crippen LogP contribution in [0.25, 0.3) is 0 Å². The van der Waals surface area contributed by atoms with E-state index < -0.39 is 15.9 Å². The van der Waals surface area contributed by atoms with Crippen molar-refractivity contribution in [1.82, 2.24) is 20.2 Å². The van der Waals surface area contributed by atoms with Gasteiger partial charge in [0.15, 0.2) is 5.88 Å². The first-order valence-corrected chi connectivity index (χ1v) is 4.61. The lowest BCUT2D eigenvalue weighted by Gasteiger charge is -1.96. The summed E-state index contributed by atoms with van der Waals surface area (Å²) in [5.74, 6) is -0.459. The van der Waals surface area contributed by atoms with Crippen molar-refractivity contribution < 1.29 is 8.42 Å². The summed E-state index contributed by atoms with van der Waals surface area (Å²) in [6, 6.07) is 0. The topological polar surface area (TPSA) is 104 Å². The third-order valence-electron chi connectivity index (χ3n) is 0.815. The number of rotatable bonds is 2. The molecule has 2 N–H and O–H groups in total. The minimum atomic E-state index is -3.60. The molecule has 0 bridgehead atoms. The van der Waals surface area contributed by atoms with E-state index in [0.717, 1.165) is 4.68 Å². The smallest absolute Gasteiger partial charge is 0.227 e. The minimum Gasteiger partial charge on any atom is -0.227 e. The second-order valence-electron chi connectivity index (χ2n) is 1.77. The van der Waals surface area contributed by atoms with Crippen LogP contribution in [0.1, 0.15) is 0 Å². The van der Waals surface area contributed by atoms with Crippen molar-refractivity contribution in [1.29, 1.82) is 0 Å². The number of thiol groups is 1. The first-order chi connectivity index (χ1) is 4.99. The first kappa shape index (κ1) is 8.43. The van der Waals surface area contributed by atoms with Crippen LogP contribution in [-0.4, -0.2) is 28.6 Å². The van der Waals surface area contributed by atoms with E-state index in [0.29, 0.717) is 0 Å². The fraction of sp³-hybridized carbons (Fsp3) is 0.500. The molecule has 0 radical (unpaired) electrons. The predicted octanol–water partition coefficient (Wildman–Crippen LogP) is -1.79. The number of hydrogen-bond acceptors (Lipinski definition) is 6. The molecule has 0 spiro atoms. The van der Waals surface area contributed by atoms with Crippen LogP contribution in [0.3, 0.4) is 0 Å². The highest BCUT2D eigenvalue weighted by Gasteiger charge is 2.08. The molecule has 62 valence electrons. The lowest BCUT2D eigenvalue weighted by Crippen LogP contribution is -2.20. The molecule has 0 saturated carbocycles. The van der Waals surface area contributed by atoms with E-state index in [2.05, 4.69) is 28.2 Å². The van der Waals surface area contributed by atoms with E-state index in [9.17, 15) is 8.42 Å². The van der Waals surface area contributed by atoms with Crippen molar-refractivity contribution in [2.75, 3.05) is 0 Å². The summed E-state index contributed by atoms with van der Waals surface area (Å²) in [4.78, 5) is 0. The predicted molar refractivity (Wildman–Crippen MR) is 38.2 cm³/mol. The van der Waals surface area contributed by atoms with Gasteiger partial charge in [0, 0.05) is 0 Å². The Labute approximate surface area is 68.0 Å². The van der Waals surface area contributed by atoms with Crippen LogP contribution < -0.4 is 5.14 Å². The molecule has 0 aromatic carbocycles. The Hall–Kier alpha value is -0.670. The van der Waals surface area contributed by atoms with E-state index >= 15 is 0 Å². The number of aromatic nitrogens is 4. The number of hydrogen-bond donors (Lipinski definition) is 2. The van der Waals surface area contributed by atoms with Crippen LogP contribution in [0.4, 0.5) is 0 Å². The summed E-state index contributed by atoms with van der Waals surface area (Å²) >= 11 is 3.77. The Morgan fingerprint density at radius 2 is 2.27 bits per heavy atom. The Bertz CT molecular complexity index is 341. The molecule has 9 heteroatoms. The monoisotopic (exact) mass is 195 g/mol. The van der Waals surface area contributed by atoms with Crippen molar-refractivity contribution in [2.45, 2.75) is 11.0 Å². The van der Waals surface area contributed by atoms with Crippen molar-refractivity contribution >= 4 is 22.7 Å². The van der Waals surface area contributed by atoms with Gasteiger partial charge in [-0.2, -0.15) is 0 Å². The molecule has 0 atom stereocenters. The second-order valence-corrected chi connectivity index (χ2v) is 3.75. The Morgan fingerprint density at radius 3 is 2.64 bits per heavy atom. The highest BCUT2D eigenvalue weighted by atomic mass is 32.2. The molecule has 1 rings (SSSR count). The van der Waals surface area contributed by atoms with Crippen LogP contribution in [0.2, 0.25) is 0 Å². The molecule has 0 saturated heterocycles. The number of nitrogens with two attached hydrogens (primary N) is 1. The van der Waals surface area contributed by atoms with Gasteiger partial charge in [-0.25, -0.2) is 18.2 Å². The van der Waals surface area contributed by atoms with Crippen molar-refractivity contribution in [3.05, 3.63) is 0 Å². The Balaban J connectivity index is 2.89. The van der Waals surface area contributed by atoms with Gasteiger partial charge in [0.2, 0.25) is 15.2 Å². The average Bonchev–Trinajstić information content (AvgIpc) is 2.12. The van der Waals surface area contributed by atoms with Gasteiger partial charge in [0.05, 0.1) is 0 Å². The van der Waals surface area contributed by atoms with Crippen LogP contribution in [0, 0.1) is 0 Å². The second kappa shape index (κ2) is 2.75. The van der Waals surface area contributed by atoms with Crippen molar-refractivity contribution in [3.63, 3.8) is 0 Å². The Morgan fingerprint density at radius 1 is 1.64 bits per heavy atom. The molecule has 0 fully saturated rings. The molecular weight excluding hydrogens is 190 g/mol. The molecule has 1 aromatic rings. The molecular formula is C2H5N5O2S2. The largest absolute Gasteiger partial charge is 0.229 e. The number of primary sulfonamides is 1. The molecule has 0 aliphatic carbocycles. The Kier molecular flexibility index (Phi) is 2.11. The van der Waals surface area contributed by atoms with E-state index in [4.69, 9.17) is 5.14 Å². The van der Waals surface area contributed by atoms with Gasteiger partial charge < -0.3 is 0 Å². The van der Waals surface area contributed by atoms with Gasteiger partial charge in [0.25, 0.3) is 0 Å². The van der Waals surface area contributed by atoms with E-state index in [-0.39, 0.29) is 5.16 Å². The molecule has 0 aliphatic heterocycles. The zero-order chi connectivity index (χ0) is 8.48. The SMILES string of the molecule is NS(=O)(=O)Cn1nnnc1S. The maximum Gasteiger partial charge on any atom is 0.229 e. The normalized spacial score (nSPS) is 11.8. The highest BCUT2D eigenvalue weighted by molar-refractivity contribution is 7.88. The minimum absolute atomic E-state index is 0.110. The summed E-state index contributed by atoms with van der Waals surface area (Å²) in [5, 5.41) is 14.7. The quantitative estimate of drug-likeness (QED) is 0.542. The number of sulfonamides is 1. The van der Waals surface area contributed by atoms with Gasteiger partial charge >= 0.3 is 0 Å². The molecule has 0 amide bonds. The summed E-state index contributed by atoms with van der Waals surface area (Å²) in [5.41, 5.74) is 0. The molecule has 1 aromatic heterocycles. The highest BCUT2D eigenvalue weighted by Crippen LogP contribution is 1.97. The third-order valence-corrected chi connectivity index (χ3v) is 1.74. The molecule has 0 aliphatic rings. The maximum atomic E-state index is 10.5. The zero-order valence-electron chi connectivity index (χ0n) is 5.25. The number of tetrazole rings is 1. The lowest BCUT2D eigenvalue weighted by molar-refractivity contribution is 0.561. The van der Waals surface area contributed by atoms with Gasteiger partial charge in [-0.3, -0.25) is 0 Å². The lowest BCUT2D eigenvalue weighted by atomic mass is 11.2. The summed E-state index contributed by atoms with van der Waals surface area (Å²) in [6.45, 7) is 0. The van der Waals surface area contributed by atoms with Crippen molar-refractivity contribution in [2.24, 2.45) is 5.14 Å². The van der Waals surface area contributed by atoms with Crippen LogP contribution in [-0.2, 0) is 15.9 Å². The van der Waals surface area contributed by atoms with Gasteiger partial charge in [0.1, 0.15) is 0 Å². The summed E-state index contributed by atoms with van der Waals surface area (Å²) in [7, 11) is -3.60. The van der Waals surface area contributed by atoms with Crippen LogP contribution in [0.15, 0.2) is 5.16 Å². The van der Waals surface area contributed by atoms with Gasteiger partial charge in [-0.05, 0) is 10.4 Å². The third kappa shape index (κ3) is 2.44. The summed E-state index contributed by atoms with van der Waals surface area (Å²) in [6.07, 6.45) is 0. The van der Waals surface area contributed by atoms with E-state index in [1.807, 2.05) is 0 Å². The van der Waals surface area contributed by atoms with E-state index in [1.165, 1.54) is 0 Å². The zero-order valence-corrected chi connectivity index (χ0v) is 6.96. The fourth-order valence-corrected chi connectivity index (χ4v) is 1.22. The molecule has 11 heavy (non-hydrogen) atoms. The average molecular weight is 195 g/mol. The maximum absolute atomic E-state index is 10.5. The van der Waals surface area contributed by atoms with Crippen LogP contribution in [0.5, 0.6) is 0 Å². The fourth-order valence-electron chi connectivity index (χ4n) is 0.454. The first-order valence-electron chi connectivity index (χ1n) is 2.44. The van der Waals surface area contributed by atoms with Gasteiger partial charge in [-0.1, -0.05) is 0 Å².